The van der Waals surface area contributed by atoms with E-state index in [1.54, 1.807) is 13.8 Å². The second-order valence-electron chi connectivity index (χ2n) is 2.87. The number of phosphoric ester groups is 1. The molecule has 0 aromatic carbocycles. The number of hydrogen-bond acceptors (Lipinski definition) is 3. The number of phosphoric acid groups is 1. The summed E-state index contributed by atoms with van der Waals surface area (Å²) in [6, 6.07) is 0. The van der Waals surface area contributed by atoms with Gasteiger partial charge in [-0.2, -0.15) is 0 Å². The van der Waals surface area contributed by atoms with Crippen LogP contribution in [0.5, 0.6) is 0 Å². The highest BCUT2D eigenvalue weighted by molar-refractivity contribution is 7.46. The van der Waals surface area contributed by atoms with Gasteiger partial charge in [-0.05, 0) is 13.8 Å². The molecule has 0 aliphatic carbocycles. The van der Waals surface area contributed by atoms with E-state index in [2.05, 4.69) is 11.1 Å². The van der Waals surface area contributed by atoms with E-state index in [0.717, 1.165) is 5.57 Å². The summed E-state index contributed by atoms with van der Waals surface area (Å²) in [7, 11) is -4.37. The average molecular weight is 210 g/mol. The van der Waals surface area contributed by atoms with Crippen molar-refractivity contribution in [2.75, 3.05) is 13.2 Å². The molecule has 0 bridgehead atoms. The molecule has 1 unspecified atom stereocenters. The number of ether oxygens (including phenoxy) is 1. The standard InChI is InChI=1S/C7H15O5P/c1-6(2)4-11-7(3)5-12-13(8,9)10/h7H,1,4-5H2,2-3H3,(H2,8,9,10). The zero-order valence-corrected chi connectivity index (χ0v) is 8.66. The van der Waals surface area contributed by atoms with Crippen molar-refractivity contribution in [1.29, 1.82) is 0 Å². The average Bonchev–Trinajstić information content (AvgIpc) is 1.95. The van der Waals surface area contributed by atoms with E-state index >= 15 is 0 Å². The summed E-state index contributed by atoms with van der Waals surface area (Å²) in [5.41, 5.74) is 0.850. The Morgan fingerprint density at radius 2 is 2.15 bits per heavy atom. The minimum Gasteiger partial charge on any atom is -0.372 e. The molecule has 0 saturated heterocycles. The summed E-state index contributed by atoms with van der Waals surface area (Å²) in [4.78, 5) is 16.7. The minimum atomic E-state index is -4.37. The topological polar surface area (TPSA) is 76.0 Å². The Morgan fingerprint density at radius 1 is 1.62 bits per heavy atom. The van der Waals surface area contributed by atoms with Crippen LogP contribution in [0.25, 0.3) is 0 Å². The maximum absolute atomic E-state index is 10.3. The van der Waals surface area contributed by atoms with Gasteiger partial charge in [0.15, 0.2) is 0 Å². The zero-order valence-electron chi connectivity index (χ0n) is 7.77. The van der Waals surface area contributed by atoms with Crippen LogP contribution in [0.15, 0.2) is 12.2 Å². The lowest BCUT2D eigenvalue weighted by Crippen LogP contribution is -2.16. The van der Waals surface area contributed by atoms with E-state index in [1.165, 1.54) is 0 Å². The van der Waals surface area contributed by atoms with Gasteiger partial charge in [0.05, 0.1) is 19.3 Å². The molecule has 78 valence electrons. The van der Waals surface area contributed by atoms with Gasteiger partial charge in [0.1, 0.15) is 0 Å². The third-order valence-electron chi connectivity index (χ3n) is 1.09. The second kappa shape index (κ2) is 5.52. The van der Waals surface area contributed by atoms with E-state index in [9.17, 15) is 4.57 Å². The lowest BCUT2D eigenvalue weighted by atomic mass is 10.4. The molecule has 0 heterocycles. The van der Waals surface area contributed by atoms with E-state index in [0.29, 0.717) is 6.61 Å². The van der Waals surface area contributed by atoms with Gasteiger partial charge in [-0.3, -0.25) is 4.52 Å². The Labute approximate surface area is 77.6 Å². The molecule has 5 nitrogen and oxygen atoms in total. The van der Waals surface area contributed by atoms with Crippen LogP contribution in [0.4, 0.5) is 0 Å². The summed E-state index contributed by atoms with van der Waals surface area (Å²) in [6.07, 6.45) is -0.357. The minimum absolute atomic E-state index is 0.127. The molecular formula is C7H15O5P. The Morgan fingerprint density at radius 3 is 2.54 bits per heavy atom. The molecule has 0 radical (unpaired) electrons. The van der Waals surface area contributed by atoms with Gasteiger partial charge in [0, 0.05) is 0 Å². The van der Waals surface area contributed by atoms with Gasteiger partial charge in [-0.15, -0.1) is 0 Å². The summed E-state index contributed by atoms with van der Waals surface area (Å²) >= 11 is 0. The zero-order chi connectivity index (χ0) is 10.5. The van der Waals surface area contributed by atoms with Crippen LogP contribution in [-0.2, 0) is 13.8 Å². The molecule has 0 saturated carbocycles. The van der Waals surface area contributed by atoms with Crippen molar-refractivity contribution in [1.82, 2.24) is 0 Å². The van der Waals surface area contributed by atoms with Crippen molar-refractivity contribution >= 4 is 7.82 Å². The maximum atomic E-state index is 10.3. The van der Waals surface area contributed by atoms with Gasteiger partial charge >= 0.3 is 7.82 Å². The lowest BCUT2D eigenvalue weighted by Gasteiger charge is -2.13. The predicted molar refractivity (Wildman–Crippen MR) is 48.2 cm³/mol. The maximum Gasteiger partial charge on any atom is 0.469 e. The molecule has 0 aliphatic heterocycles. The molecule has 0 aromatic rings. The van der Waals surface area contributed by atoms with Crippen molar-refractivity contribution in [3.63, 3.8) is 0 Å². The van der Waals surface area contributed by atoms with Crippen LogP contribution >= 0.6 is 7.82 Å². The largest absolute Gasteiger partial charge is 0.469 e. The van der Waals surface area contributed by atoms with E-state index in [-0.39, 0.29) is 12.7 Å². The van der Waals surface area contributed by atoms with Crippen LogP contribution in [0.2, 0.25) is 0 Å². The summed E-state index contributed by atoms with van der Waals surface area (Å²) in [5, 5.41) is 0. The third kappa shape index (κ3) is 9.73. The molecule has 1 atom stereocenters. The van der Waals surface area contributed by atoms with Crippen molar-refractivity contribution in [3.05, 3.63) is 12.2 Å². The van der Waals surface area contributed by atoms with Gasteiger partial charge in [0.2, 0.25) is 0 Å². The predicted octanol–water partition coefficient (Wildman–Crippen LogP) is 1.08. The van der Waals surface area contributed by atoms with Crippen LogP contribution < -0.4 is 0 Å². The van der Waals surface area contributed by atoms with Crippen LogP contribution in [0.1, 0.15) is 13.8 Å². The molecule has 2 N–H and O–H groups in total. The fourth-order valence-corrected chi connectivity index (χ4v) is 0.939. The first-order valence-corrected chi connectivity index (χ1v) is 5.30. The SMILES string of the molecule is C=C(C)COC(C)COP(=O)(O)O. The highest BCUT2D eigenvalue weighted by Gasteiger charge is 2.15. The molecule has 0 fully saturated rings. The summed E-state index contributed by atoms with van der Waals surface area (Å²) in [6.45, 7) is 7.32. The molecular weight excluding hydrogens is 195 g/mol. The highest BCUT2D eigenvalue weighted by Crippen LogP contribution is 2.35. The molecule has 0 aromatic heterocycles. The molecule has 0 spiro atoms. The Balaban J connectivity index is 3.58. The normalized spacial score (nSPS) is 14.2. The van der Waals surface area contributed by atoms with E-state index in [4.69, 9.17) is 14.5 Å². The second-order valence-corrected chi connectivity index (χ2v) is 4.10. The Bertz CT molecular complexity index is 209. The first-order chi connectivity index (χ1) is 5.81. The lowest BCUT2D eigenvalue weighted by molar-refractivity contribution is 0.0354. The Kier molecular flexibility index (Phi) is 5.44. The van der Waals surface area contributed by atoms with Gasteiger partial charge in [-0.1, -0.05) is 12.2 Å². The first-order valence-electron chi connectivity index (χ1n) is 3.77. The van der Waals surface area contributed by atoms with Crippen LogP contribution in [0.3, 0.4) is 0 Å². The molecule has 0 rings (SSSR count). The summed E-state index contributed by atoms with van der Waals surface area (Å²) in [5.74, 6) is 0. The van der Waals surface area contributed by atoms with Crippen molar-refractivity contribution in [2.24, 2.45) is 0 Å². The molecule has 0 amide bonds. The molecule has 6 heteroatoms. The fraction of sp³-hybridized carbons (Fsp3) is 0.714. The highest BCUT2D eigenvalue weighted by atomic mass is 31.2. The fourth-order valence-electron chi connectivity index (χ4n) is 0.535. The monoisotopic (exact) mass is 210 g/mol. The van der Waals surface area contributed by atoms with Crippen molar-refractivity contribution in [2.45, 2.75) is 20.0 Å². The van der Waals surface area contributed by atoms with Crippen LogP contribution in [-0.4, -0.2) is 29.1 Å². The first kappa shape index (κ1) is 12.8. The quantitative estimate of drug-likeness (QED) is 0.506. The molecule has 0 aliphatic rings. The van der Waals surface area contributed by atoms with Crippen LogP contribution in [0, 0.1) is 0 Å². The van der Waals surface area contributed by atoms with Gasteiger partial charge in [-0.25, -0.2) is 4.57 Å². The number of hydrogen-bond donors (Lipinski definition) is 2. The smallest absolute Gasteiger partial charge is 0.372 e. The van der Waals surface area contributed by atoms with Crippen molar-refractivity contribution < 1.29 is 23.6 Å². The van der Waals surface area contributed by atoms with E-state index < -0.39 is 7.82 Å². The third-order valence-corrected chi connectivity index (χ3v) is 1.58. The number of rotatable bonds is 6. The van der Waals surface area contributed by atoms with Crippen molar-refractivity contribution in [3.8, 4) is 0 Å². The van der Waals surface area contributed by atoms with Gasteiger partial charge in [0.25, 0.3) is 0 Å². The summed E-state index contributed by atoms with van der Waals surface area (Å²) < 4.78 is 19.6. The molecule has 13 heavy (non-hydrogen) atoms. The van der Waals surface area contributed by atoms with E-state index in [1.807, 2.05) is 0 Å². The van der Waals surface area contributed by atoms with Gasteiger partial charge < -0.3 is 14.5 Å². The Hall–Kier alpha value is -0.190.